The predicted molar refractivity (Wildman–Crippen MR) is 87.7 cm³/mol. The van der Waals surface area contributed by atoms with Gasteiger partial charge in [-0.25, -0.2) is 0 Å². The van der Waals surface area contributed by atoms with Gasteiger partial charge < -0.3 is 10.2 Å². The van der Waals surface area contributed by atoms with Crippen molar-refractivity contribution in [1.82, 2.24) is 10.2 Å². The summed E-state index contributed by atoms with van der Waals surface area (Å²) in [7, 11) is 2.20. The molecule has 2 nitrogen and oxygen atoms in total. The van der Waals surface area contributed by atoms with Gasteiger partial charge >= 0.3 is 0 Å². The van der Waals surface area contributed by atoms with Crippen molar-refractivity contribution in [2.75, 3.05) is 20.1 Å². The molecule has 0 aliphatic heterocycles. The monoisotopic (exact) mass is 294 g/mol. The van der Waals surface area contributed by atoms with Crippen LogP contribution >= 0.6 is 11.6 Å². The zero-order valence-corrected chi connectivity index (χ0v) is 13.7. The maximum Gasteiger partial charge on any atom is 0.0408 e. The lowest BCUT2D eigenvalue weighted by molar-refractivity contribution is 0.267. The van der Waals surface area contributed by atoms with E-state index in [4.69, 9.17) is 11.6 Å². The molecule has 0 saturated heterocycles. The number of benzene rings is 1. The fourth-order valence-electron chi connectivity index (χ4n) is 2.78. The standard InChI is InChI=1S/C17H27ClN2/c1-13(2)20(3)9-5-4-8-19-17-11-14-6-7-16(18)10-15(14)12-17/h6-7,10,13,17,19H,4-5,8-9,11-12H2,1-3H3. The van der Waals surface area contributed by atoms with Crippen LogP contribution in [-0.4, -0.2) is 37.1 Å². The second-order valence-corrected chi connectivity index (χ2v) is 6.69. The zero-order chi connectivity index (χ0) is 14.5. The van der Waals surface area contributed by atoms with Crippen LogP contribution in [0.15, 0.2) is 18.2 Å². The number of hydrogen-bond acceptors (Lipinski definition) is 2. The molecule has 0 amide bonds. The van der Waals surface area contributed by atoms with Gasteiger partial charge in [0, 0.05) is 17.1 Å². The van der Waals surface area contributed by atoms with E-state index in [1.165, 1.54) is 30.5 Å². The van der Waals surface area contributed by atoms with Crippen LogP contribution in [0.3, 0.4) is 0 Å². The van der Waals surface area contributed by atoms with Gasteiger partial charge in [0.25, 0.3) is 0 Å². The second-order valence-electron chi connectivity index (χ2n) is 6.25. The van der Waals surface area contributed by atoms with Crippen LogP contribution in [0.4, 0.5) is 0 Å². The number of nitrogens with zero attached hydrogens (tertiary/aromatic N) is 1. The third kappa shape index (κ3) is 4.47. The van der Waals surface area contributed by atoms with E-state index >= 15 is 0 Å². The number of nitrogens with one attached hydrogen (secondary N) is 1. The third-order valence-corrected chi connectivity index (χ3v) is 4.59. The van der Waals surface area contributed by atoms with E-state index in [1.54, 1.807) is 0 Å². The normalized spacial score (nSPS) is 18.0. The molecule has 0 bridgehead atoms. The van der Waals surface area contributed by atoms with E-state index in [9.17, 15) is 0 Å². The van der Waals surface area contributed by atoms with Gasteiger partial charge in [0.2, 0.25) is 0 Å². The highest BCUT2D eigenvalue weighted by Gasteiger charge is 2.20. The van der Waals surface area contributed by atoms with Gasteiger partial charge in [-0.3, -0.25) is 0 Å². The first-order chi connectivity index (χ1) is 9.56. The smallest absolute Gasteiger partial charge is 0.0408 e. The SMILES string of the molecule is CC(C)N(C)CCCCNC1Cc2ccc(Cl)cc2C1. The van der Waals surface area contributed by atoms with Crippen molar-refractivity contribution in [3.8, 4) is 0 Å². The number of fused-ring (bicyclic) bond motifs is 1. The minimum Gasteiger partial charge on any atom is -0.313 e. The molecule has 112 valence electrons. The molecular weight excluding hydrogens is 268 g/mol. The van der Waals surface area contributed by atoms with Gasteiger partial charge in [0.05, 0.1) is 0 Å². The summed E-state index contributed by atoms with van der Waals surface area (Å²) in [5.41, 5.74) is 2.89. The van der Waals surface area contributed by atoms with Gasteiger partial charge in [0.1, 0.15) is 0 Å². The maximum atomic E-state index is 6.05. The highest BCUT2D eigenvalue weighted by Crippen LogP contribution is 2.25. The van der Waals surface area contributed by atoms with Crippen LogP contribution in [-0.2, 0) is 12.8 Å². The summed E-state index contributed by atoms with van der Waals surface area (Å²) >= 11 is 6.05. The second kappa shape index (κ2) is 7.44. The van der Waals surface area contributed by atoms with E-state index in [0.29, 0.717) is 12.1 Å². The Balaban J connectivity index is 1.63. The Labute approximate surface area is 128 Å². The first-order valence-electron chi connectivity index (χ1n) is 7.77. The molecule has 0 fully saturated rings. The average Bonchev–Trinajstić information content (AvgIpc) is 2.79. The first kappa shape index (κ1) is 15.8. The Morgan fingerprint density at radius 3 is 2.75 bits per heavy atom. The van der Waals surface area contributed by atoms with Crippen LogP contribution in [0.25, 0.3) is 0 Å². The molecule has 2 rings (SSSR count). The maximum absolute atomic E-state index is 6.05. The van der Waals surface area contributed by atoms with Crippen molar-refractivity contribution in [2.24, 2.45) is 0 Å². The Morgan fingerprint density at radius 1 is 1.25 bits per heavy atom. The van der Waals surface area contributed by atoms with Gasteiger partial charge in [-0.2, -0.15) is 0 Å². The molecule has 1 aliphatic carbocycles. The van der Waals surface area contributed by atoms with Crippen LogP contribution in [0.2, 0.25) is 5.02 Å². The fourth-order valence-corrected chi connectivity index (χ4v) is 2.98. The average molecular weight is 295 g/mol. The Bertz CT molecular complexity index is 431. The molecule has 20 heavy (non-hydrogen) atoms. The molecule has 1 aromatic rings. The number of rotatable bonds is 7. The van der Waals surface area contributed by atoms with Crippen molar-refractivity contribution in [3.63, 3.8) is 0 Å². The lowest BCUT2D eigenvalue weighted by atomic mass is 10.1. The van der Waals surface area contributed by atoms with Gasteiger partial charge in [-0.05, 0) is 82.9 Å². The molecule has 0 spiro atoms. The summed E-state index contributed by atoms with van der Waals surface area (Å²) in [5.74, 6) is 0. The molecule has 3 heteroatoms. The fraction of sp³-hybridized carbons (Fsp3) is 0.647. The van der Waals surface area contributed by atoms with E-state index in [2.05, 4.69) is 43.2 Å². The molecule has 1 aliphatic rings. The third-order valence-electron chi connectivity index (χ3n) is 4.35. The molecule has 1 atom stereocenters. The summed E-state index contributed by atoms with van der Waals surface area (Å²) in [6.45, 7) is 6.82. The number of unbranched alkanes of at least 4 members (excludes halogenated alkanes) is 1. The van der Waals surface area contributed by atoms with Crippen molar-refractivity contribution < 1.29 is 0 Å². The minimum atomic E-state index is 0.603. The van der Waals surface area contributed by atoms with E-state index in [0.717, 1.165) is 24.4 Å². The molecule has 1 aromatic carbocycles. The van der Waals surface area contributed by atoms with Crippen LogP contribution in [0.1, 0.15) is 37.8 Å². The first-order valence-corrected chi connectivity index (χ1v) is 8.15. The van der Waals surface area contributed by atoms with Gasteiger partial charge in [-0.1, -0.05) is 17.7 Å². The van der Waals surface area contributed by atoms with Crippen molar-refractivity contribution in [2.45, 2.75) is 51.6 Å². The Morgan fingerprint density at radius 2 is 2.00 bits per heavy atom. The molecule has 0 saturated carbocycles. The van der Waals surface area contributed by atoms with Crippen LogP contribution < -0.4 is 5.32 Å². The predicted octanol–water partition coefficient (Wildman–Crippen LogP) is 3.52. The van der Waals surface area contributed by atoms with Crippen molar-refractivity contribution in [1.29, 1.82) is 0 Å². The Hall–Kier alpha value is -0.570. The quantitative estimate of drug-likeness (QED) is 0.774. The molecular formula is C17H27ClN2. The summed E-state index contributed by atoms with van der Waals surface area (Å²) in [5, 5.41) is 4.55. The lowest BCUT2D eigenvalue weighted by Crippen LogP contribution is -2.31. The summed E-state index contributed by atoms with van der Waals surface area (Å²) in [6.07, 6.45) is 4.80. The molecule has 0 radical (unpaired) electrons. The summed E-state index contributed by atoms with van der Waals surface area (Å²) < 4.78 is 0. The minimum absolute atomic E-state index is 0.603. The summed E-state index contributed by atoms with van der Waals surface area (Å²) in [4.78, 5) is 2.41. The number of halogens is 1. The van der Waals surface area contributed by atoms with E-state index in [-0.39, 0.29) is 0 Å². The number of hydrogen-bond donors (Lipinski definition) is 1. The highest BCUT2D eigenvalue weighted by atomic mass is 35.5. The van der Waals surface area contributed by atoms with Crippen molar-refractivity contribution in [3.05, 3.63) is 34.3 Å². The molecule has 1 N–H and O–H groups in total. The van der Waals surface area contributed by atoms with Crippen molar-refractivity contribution >= 4 is 11.6 Å². The van der Waals surface area contributed by atoms with Gasteiger partial charge in [-0.15, -0.1) is 0 Å². The van der Waals surface area contributed by atoms with Gasteiger partial charge in [0.15, 0.2) is 0 Å². The largest absolute Gasteiger partial charge is 0.313 e. The molecule has 0 heterocycles. The molecule has 0 aromatic heterocycles. The molecule has 1 unspecified atom stereocenters. The summed E-state index contributed by atoms with van der Waals surface area (Å²) in [6, 6.07) is 7.56. The topological polar surface area (TPSA) is 15.3 Å². The Kier molecular flexibility index (Phi) is 5.88. The van der Waals surface area contributed by atoms with Crippen LogP contribution in [0, 0.1) is 0 Å². The van der Waals surface area contributed by atoms with Crippen LogP contribution in [0.5, 0.6) is 0 Å². The van der Waals surface area contributed by atoms with E-state index < -0.39 is 0 Å². The van der Waals surface area contributed by atoms with E-state index in [1.807, 2.05) is 6.07 Å². The highest BCUT2D eigenvalue weighted by molar-refractivity contribution is 6.30. The zero-order valence-electron chi connectivity index (χ0n) is 13.0. The lowest BCUT2D eigenvalue weighted by Gasteiger charge is -2.21.